The van der Waals surface area contributed by atoms with Crippen molar-refractivity contribution in [2.75, 3.05) is 13.2 Å². The Morgan fingerprint density at radius 2 is 1.02 bits per heavy atom. The SMILES string of the molecule is CCCCCCCC/C=C\CCCCCCCC(=O)OC[C@H](CO)OC(=O)CCCCCCC/C=C\CCCCCCCC.O=C1CCC(=O)C(SS)C1O. The summed E-state index contributed by atoms with van der Waals surface area (Å²) in [6.07, 6.45) is 40.1. The second kappa shape index (κ2) is 40.6. The number of hydrogen-bond acceptors (Lipinski definition) is 10. The van der Waals surface area contributed by atoms with Crippen molar-refractivity contribution in [3.8, 4) is 0 Å². The topological polar surface area (TPSA) is 127 Å². The molecule has 1 rings (SSSR count). The molecule has 0 aromatic carbocycles. The van der Waals surface area contributed by atoms with Gasteiger partial charge in [-0.2, -0.15) is 0 Å². The van der Waals surface area contributed by atoms with E-state index in [4.69, 9.17) is 14.6 Å². The monoisotopic (exact) mass is 813 g/mol. The highest BCUT2D eigenvalue weighted by atomic mass is 33.1. The molecule has 0 aromatic rings. The van der Waals surface area contributed by atoms with E-state index in [1.807, 2.05) is 0 Å². The van der Waals surface area contributed by atoms with Crippen molar-refractivity contribution in [2.24, 2.45) is 0 Å². The molecule has 1 saturated carbocycles. The lowest BCUT2D eigenvalue weighted by Gasteiger charge is -2.22. The summed E-state index contributed by atoms with van der Waals surface area (Å²) >= 11 is 3.81. The summed E-state index contributed by atoms with van der Waals surface area (Å²) < 4.78 is 10.6. The van der Waals surface area contributed by atoms with E-state index in [-0.39, 0.29) is 49.6 Å². The number of carbonyl (C=O) groups excluding carboxylic acids is 4. The maximum atomic E-state index is 12.1. The summed E-state index contributed by atoms with van der Waals surface area (Å²) in [6.45, 7) is 4.11. The van der Waals surface area contributed by atoms with Crippen LogP contribution in [-0.4, -0.2) is 64.4 Å². The second-order valence-corrected chi connectivity index (χ2v) is 16.4. The smallest absolute Gasteiger partial charge is 0.306 e. The Hall–Kier alpha value is -1.62. The van der Waals surface area contributed by atoms with Gasteiger partial charge in [-0.15, -0.1) is 11.7 Å². The first-order valence-corrected chi connectivity index (χ1v) is 24.0. The zero-order chi connectivity index (χ0) is 40.6. The van der Waals surface area contributed by atoms with Crippen LogP contribution in [0, 0.1) is 0 Å². The predicted octanol–water partition coefficient (Wildman–Crippen LogP) is 11.7. The normalized spacial score (nSPS) is 16.4. The standard InChI is InChI=1S/C39H72O5.C6H8O3S2/c1-3-5-7-9-11-13-15-17-19-21-23-25-27-29-31-33-38(41)43-36-37(35-40)44-39(42)34-32-30-28-26-24-22-20-18-16-14-12-10-8-6-4-2;7-3-1-2-4(8)6(11-10)5(3)9/h17-20,37,40H,3-16,21-36H2,1-2H3;5-6,9-10H,1-2H2/b19-17-,20-18-;/t37-;/m0./s1. The van der Waals surface area contributed by atoms with Crippen molar-refractivity contribution in [1.82, 2.24) is 0 Å². The maximum absolute atomic E-state index is 12.1. The highest BCUT2D eigenvalue weighted by molar-refractivity contribution is 8.69. The molecule has 2 N–H and O–H groups in total. The van der Waals surface area contributed by atoms with Gasteiger partial charge in [-0.1, -0.05) is 152 Å². The molecule has 0 aromatic heterocycles. The molecule has 0 heterocycles. The molecule has 0 aliphatic heterocycles. The van der Waals surface area contributed by atoms with Gasteiger partial charge in [0.25, 0.3) is 0 Å². The number of hydrogen-bond donors (Lipinski definition) is 3. The van der Waals surface area contributed by atoms with Crippen LogP contribution in [0.1, 0.15) is 206 Å². The van der Waals surface area contributed by atoms with E-state index in [0.717, 1.165) is 62.2 Å². The van der Waals surface area contributed by atoms with E-state index in [2.05, 4.69) is 49.8 Å². The van der Waals surface area contributed by atoms with Crippen LogP contribution in [-0.2, 0) is 28.7 Å². The van der Waals surface area contributed by atoms with Crippen molar-refractivity contribution < 1.29 is 38.9 Å². The summed E-state index contributed by atoms with van der Waals surface area (Å²) in [5.74, 6) is -0.947. The predicted molar refractivity (Wildman–Crippen MR) is 232 cm³/mol. The molecule has 0 saturated heterocycles. The Bertz CT molecular complexity index is 1000. The highest BCUT2D eigenvalue weighted by Crippen LogP contribution is 2.26. The minimum atomic E-state index is -1.14. The van der Waals surface area contributed by atoms with Crippen LogP contribution < -0.4 is 0 Å². The molecule has 0 radical (unpaired) electrons. The number of ketones is 2. The van der Waals surface area contributed by atoms with E-state index >= 15 is 0 Å². The lowest BCUT2D eigenvalue weighted by Crippen LogP contribution is -2.41. The van der Waals surface area contributed by atoms with Crippen molar-refractivity contribution in [2.45, 2.75) is 224 Å². The average Bonchev–Trinajstić information content (AvgIpc) is 3.18. The largest absolute Gasteiger partial charge is 0.462 e. The van der Waals surface area contributed by atoms with Gasteiger partial charge in [0, 0.05) is 25.7 Å². The lowest BCUT2D eigenvalue weighted by atomic mass is 9.95. The Balaban J connectivity index is 0.00000225. The Kier molecular flexibility index (Phi) is 39.4. The van der Waals surface area contributed by atoms with E-state index in [9.17, 15) is 24.3 Å². The van der Waals surface area contributed by atoms with Gasteiger partial charge in [0.1, 0.15) is 23.7 Å². The summed E-state index contributed by atoms with van der Waals surface area (Å²) in [4.78, 5) is 46.0. The number of carbonyl (C=O) groups is 4. The number of aliphatic hydroxyl groups is 2. The van der Waals surface area contributed by atoms with Gasteiger partial charge in [0.15, 0.2) is 11.9 Å². The number of allylic oxidation sites excluding steroid dienone is 4. The summed E-state index contributed by atoms with van der Waals surface area (Å²) in [6, 6.07) is 0. The first-order chi connectivity index (χ1) is 26.8. The number of esters is 2. The maximum Gasteiger partial charge on any atom is 0.306 e. The zero-order valence-electron chi connectivity index (χ0n) is 34.9. The fraction of sp³-hybridized carbons (Fsp3) is 0.822. The fourth-order valence-corrected chi connectivity index (χ4v) is 7.51. The van der Waals surface area contributed by atoms with E-state index in [1.54, 1.807) is 0 Å². The number of thiol groups is 1. The molecule has 1 aliphatic rings. The summed E-state index contributed by atoms with van der Waals surface area (Å²) in [5.41, 5.74) is 0. The van der Waals surface area contributed by atoms with Crippen LogP contribution in [0.25, 0.3) is 0 Å². The van der Waals surface area contributed by atoms with Gasteiger partial charge in [-0.25, -0.2) is 0 Å². The van der Waals surface area contributed by atoms with Crippen LogP contribution in [0.15, 0.2) is 24.3 Å². The quantitative estimate of drug-likeness (QED) is 0.0188. The third-order valence-electron chi connectivity index (χ3n) is 9.88. The molecule has 0 bridgehead atoms. The summed E-state index contributed by atoms with van der Waals surface area (Å²) in [5, 5.41) is 18.0. The number of unbranched alkanes of at least 4 members (excludes halogenated alkanes) is 22. The third-order valence-corrected chi connectivity index (χ3v) is 11.3. The Morgan fingerprint density at radius 3 is 1.42 bits per heavy atom. The first-order valence-electron chi connectivity index (χ1n) is 22.1. The van der Waals surface area contributed by atoms with Crippen molar-refractivity contribution in [1.29, 1.82) is 0 Å². The second-order valence-electron chi connectivity index (χ2n) is 15.0. The summed E-state index contributed by atoms with van der Waals surface area (Å²) in [7, 11) is 0.940. The van der Waals surface area contributed by atoms with Gasteiger partial charge in [0.2, 0.25) is 0 Å². The van der Waals surface area contributed by atoms with Crippen LogP contribution in [0.3, 0.4) is 0 Å². The number of Topliss-reactive ketones (excluding diaryl/α,β-unsaturated/α-hetero) is 2. The fourth-order valence-electron chi connectivity index (χ4n) is 6.30. The van der Waals surface area contributed by atoms with Gasteiger partial charge in [-0.05, 0) is 64.2 Å². The molecule has 320 valence electrons. The number of rotatable bonds is 35. The molecule has 0 amide bonds. The van der Waals surface area contributed by atoms with Gasteiger partial charge >= 0.3 is 11.9 Å². The first kappa shape index (κ1) is 53.4. The lowest BCUT2D eigenvalue weighted by molar-refractivity contribution is -0.161. The third kappa shape index (κ3) is 34.2. The molecule has 3 atom stereocenters. The highest BCUT2D eigenvalue weighted by Gasteiger charge is 2.35. The van der Waals surface area contributed by atoms with Crippen molar-refractivity contribution >= 4 is 46.0 Å². The molecule has 10 heteroatoms. The van der Waals surface area contributed by atoms with Gasteiger partial charge < -0.3 is 19.7 Å². The molecule has 1 fully saturated rings. The minimum absolute atomic E-state index is 0.0709. The molecular weight excluding hydrogens is 733 g/mol. The number of ether oxygens (including phenoxy) is 2. The zero-order valence-corrected chi connectivity index (χ0v) is 36.6. The molecule has 1 aliphatic carbocycles. The minimum Gasteiger partial charge on any atom is -0.462 e. The van der Waals surface area contributed by atoms with Crippen LogP contribution >= 0.6 is 22.5 Å². The van der Waals surface area contributed by atoms with Crippen molar-refractivity contribution in [3.63, 3.8) is 0 Å². The number of aliphatic hydroxyl groups excluding tert-OH is 2. The van der Waals surface area contributed by atoms with Crippen LogP contribution in [0.5, 0.6) is 0 Å². The molecule has 2 unspecified atom stereocenters. The van der Waals surface area contributed by atoms with Gasteiger partial charge in [0.05, 0.1) is 6.61 Å². The molecule has 8 nitrogen and oxygen atoms in total. The Morgan fingerprint density at radius 1 is 0.636 bits per heavy atom. The molecular formula is C45H80O8S2. The molecule has 0 spiro atoms. The van der Waals surface area contributed by atoms with Crippen LogP contribution in [0.4, 0.5) is 0 Å². The van der Waals surface area contributed by atoms with E-state index in [1.165, 1.54) is 116 Å². The molecule has 55 heavy (non-hydrogen) atoms. The van der Waals surface area contributed by atoms with Gasteiger partial charge in [-0.3, -0.25) is 19.2 Å². The Labute approximate surface area is 345 Å². The van der Waals surface area contributed by atoms with Crippen LogP contribution in [0.2, 0.25) is 0 Å². The van der Waals surface area contributed by atoms with E-state index in [0.29, 0.717) is 12.8 Å². The van der Waals surface area contributed by atoms with Crippen molar-refractivity contribution in [3.05, 3.63) is 24.3 Å². The van der Waals surface area contributed by atoms with E-state index < -0.39 is 17.5 Å². The average molecular weight is 813 g/mol.